The first-order valence-electron chi connectivity index (χ1n) is 9.25. The van der Waals surface area contributed by atoms with E-state index in [1.807, 2.05) is 19.2 Å². The van der Waals surface area contributed by atoms with Crippen molar-refractivity contribution in [2.24, 2.45) is 5.41 Å². The Morgan fingerprint density at radius 2 is 1.72 bits per heavy atom. The number of likely N-dealkylation sites (N-methyl/N-ethyl adjacent to an activating group) is 1. The molecule has 0 saturated carbocycles. The Labute approximate surface area is 153 Å². The van der Waals surface area contributed by atoms with Crippen molar-refractivity contribution in [1.82, 2.24) is 14.7 Å². The third-order valence-electron chi connectivity index (χ3n) is 4.58. The summed E-state index contributed by atoms with van der Waals surface area (Å²) in [6.07, 6.45) is 1.06. The van der Waals surface area contributed by atoms with Gasteiger partial charge in [0.2, 0.25) is 0 Å². The number of rotatable bonds is 5. The lowest BCUT2D eigenvalue weighted by Gasteiger charge is -2.32. The normalized spacial score (nSPS) is 16.7. The van der Waals surface area contributed by atoms with E-state index in [9.17, 15) is 4.79 Å². The van der Waals surface area contributed by atoms with Crippen LogP contribution in [0.3, 0.4) is 0 Å². The number of hydrogen-bond donors (Lipinski definition) is 1. The summed E-state index contributed by atoms with van der Waals surface area (Å²) in [5.41, 5.74) is 2.27. The third kappa shape index (κ3) is 7.04. The monoisotopic (exact) mass is 346 g/mol. The van der Waals surface area contributed by atoms with Gasteiger partial charge in [-0.3, -0.25) is 0 Å². The first-order valence-corrected chi connectivity index (χ1v) is 9.25. The van der Waals surface area contributed by atoms with Gasteiger partial charge in [-0.25, -0.2) is 4.79 Å². The highest BCUT2D eigenvalue weighted by Gasteiger charge is 2.17. The van der Waals surface area contributed by atoms with E-state index in [4.69, 9.17) is 0 Å². The number of piperazine rings is 1. The maximum atomic E-state index is 12.2. The van der Waals surface area contributed by atoms with E-state index in [1.165, 1.54) is 5.56 Å². The van der Waals surface area contributed by atoms with E-state index in [1.54, 1.807) is 4.90 Å². The zero-order valence-corrected chi connectivity index (χ0v) is 16.5. The van der Waals surface area contributed by atoms with Crippen molar-refractivity contribution in [3.8, 4) is 0 Å². The Morgan fingerprint density at radius 1 is 1.12 bits per heavy atom. The van der Waals surface area contributed by atoms with Crippen LogP contribution in [-0.2, 0) is 6.42 Å². The van der Waals surface area contributed by atoms with Gasteiger partial charge in [0.1, 0.15) is 0 Å². The predicted octanol–water partition coefficient (Wildman–Crippen LogP) is 2.99. The lowest BCUT2D eigenvalue weighted by molar-refractivity contribution is 0.155. The highest BCUT2D eigenvalue weighted by atomic mass is 16.2. The van der Waals surface area contributed by atoms with Crippen LogP contribution in [-0.4, -0.2) is 74.1 Å². The van der Waals surface area contributed by atoms with Gasteiger partial charge in [0.15, 0.2) is 0 Å². The third-order valence-corrected chi connectivity index (χ3v) is 4.58. The second kappa shape index (κ2) is 8.68. The molecule has 1 aliphatic rings. The molecule has 1 saturated heterocycles. The molecule has 0 aromatic heterocycles. The van der Waals surface area contributed by atoms with Gasteiger partial charge in [-0.05, 0) is 36.6 Å². The van der Waals surface area contributed by atoms with Gasteiger partial charge in [-0.15, -0.1) is 0 Å². The summed E-state index contributed by atoms with van der Waals surface area (Å²) in [5, 5.41) is 2.97. The fourth-order valence-electron chi connectivity index (χ4n) is 3.12. The number of carbonyl (C=O) groups is 1. The van der Waals surface area contributed by atoms with Crippen molar-refractivity contribution in [3.05, 3.63) is 29.8 Å². The maximum Gasteiger partial charge on any atom is 0.321 e. The molecule has 5 heteroatoms. The minimum atomic E-state index is -0.0555. The van der Waals surface area contributed by atoms with Gasteiger partial charge in [0.05, 0.1) is 0 Å². The number of urea groups is 1. The Balaban J connectivity index is 1.78. The molecule has 0 aliphatic carbocycles. The highest BCUT2D eigenvalue weighted by Crippen LogP contribution is 2.16. The van der Waals surface area contributed by atoms with Crippen molar-refractivity contribution in [2.45, 2.75) is 27.2 Å². The molecule has 0 radical (unpaired) electrons. The smallest absolute Gasteiger partial charge is 0.321 e. The van der Waals surface area contributed by atoms with Gasteiger partial charge in [-0.2, -0.15) is 0 Å². The quantitative estimate of drug-likeness (QED) is 0.891. The summed E-state index contributed by atoms with van der Waals surface area (Å²) in [6, 6.07) is 8.19. The summed E-state index contributed by atoms with van der Waals surface area (Å²) in [7, 11) is 4.02. The maximum absolute atomic E-state index is 12.2. The van der Waals surface area contributed by atoms with Crippen LogP contribution >= 0.6 is 0 Å². The molecule has 5 nitrogen and oxygen atoms in total. The Morgan fingerprint density at radius 3 is 2.28 bits per heavy atom. The van der Waals surface area contributed by atoms with Crippen molar-refractivity contribution in [1.29, 1.82) is 0 Å². The Kier molecular flexibility index (Phi) is 6.85. The molecule has 0 unspecified atom stereocenters. The van der Waals surface area contributed by atoms with Gasteiger partial charge in [0, 0.05) is 52.0 Å². The van der Waals surface area contributed by atoms with E-state index in [0.29, 0.717) is 0 Å². The molecular formula is C20H34N4O. The second-order valence-corrected chi connectivity index (χ2v) is 8.44. The molecule has 140 valence electrons. The van der Waals surface area contributed by atoms with Gasteiger partial charge >= 0.3 is 6.03 Å². The number of hydrogen-bond acceptors (Lipinski definition) is 3. The minimum absolute atomic E-state index is 0.0555. The molecule has 0 atom stereocenters. The number of benzene rings is 1. The zero-order valence-electron chi connectivity index (χ0n) is 16.5. The standard InChI is InChI=1S/C20H34N4O/c1-20(2,3)16-23(5)19(25)21-18-8-6-17(7-9-18)10-11-24-14-12-22(4)13-15-24/h6-9H,10-16H2,1-5H3,(H,21,25). The van der Waals surface area contributed by atoms with Crippen molar-refractivity contribution in [2.75, 3.05) is 58.7 Å². The molecule has 1 aliphatic heterocycles. The molecule has 1 heterocycles. The van der Waals surface area contributed by atoms with E-state index in [0.717, 1.165) is 51.4 Å². The van der Waals surface area contributed by atoms with Crippen molar-refractivity contribution < 1.29 is 4.79 Å². The first kappa shape index (κ1) is 19.7. The number of nitrogens with one attached hydrogen (secondary N) is 1. The van der Waals surface area contributed by atoms with E-state index in [2.05, 4.69) is 55.1 Å². The molecule has 0 bridgehead atoms. The van der Waals surface area contributed by atoms with Crippen LogP contribution in [0.15, 0.2) is 24.3 Å². The number of anilines is 1. The van der Waals surface area contributed by atoms with Crippen LogP contribution in [0.1, 0.15) is 26.3 Å². The SMILES string of the molecule is CN1CCN(CCc2ccc(NC(=O)N(C)CC(C)(C)C)cc2)CC1. The Bertz CT molecular complexity index is 542. The van der Waals surface area contributed by atoms with Crippen LogP contribution in [0.25, 0.3) is 0 Å². The average molecular weight is 347 g/mol. The number of nitrogens with zero attached hydrogens (tertiary/aromatic N) is 3. The first-order chi connectivity index (χ1) is 11.7. The summed E-state index contributed by atoms with van der Waals surface area (Å²) >= 11 is 0. The van der Waals surface area contributed by atoms with Crippen LogP contribution in [0.5, 0.6) is 0 Å². The molecule has 2 amide bonds. The van der Waals surface area contributed by atoms with E-state index < -0.39 is 0 Å². The molecule has 1 fully saturated rings. The fourth-order valence-corrected chi connectivity index (χ4v) is 3.12. The average Bonchev–Trinajstić information content (AvgIpc) is 2.54. The molecule has 25 heavy (non-hydrogen) atoms. The zero-order chi connectivity index (χ0) is 18.4. The topological polar surface area (TPSA) is 38.8 Å². The van der Waals surface area contributed by atoms with E-state index in [-0.39, 0.29) is 11.4 Å². The van der Waals surface area contributed by atoms with Crippen LogP contribution in [0.2, 0.25) is 0 Å². The summed E-state index contributed by atoms with van der Waals surface area (Å²) < 4.78 is 0. The largest absolute Gasteiger partial charge is 0.327 e. The molecule has 1 N–H and O–H groups in total. The van der Waals surface area contributed by atoms with Crippen LogP contribution in [0.4, 0.5) is 10.5 Å². The predicted molar refractivity (Wildman–Crippen MR) is 105 cm³/mol. The van der Waals surface area contributed by atoms with Crippen molar-refractivity contribution in [3.63, 3.8) is 0 Å². The van der Waals surface area contributed by atoms with Gasteiger partial charge in [0.25, 0.3) is 0 Å². The highest BCUT2D eigenvalue weighted by molar-refractivity contribution is 5.89. The lowest BCUT2D eigenvalue weighted by atomic mass is 9.96. The van der Waals surface area contributed by atoms with Crippen LogP contribution in [0, 0.1) is 5.41 Å². The minimum Gasteiger partial charge on any atom is -0.327 e. The van der Waals surface area contributed by atoms with Gasteiger partial charge < -0.3 is 20.0 Å². The number of carbonyl (C=O) groups excluding carboxylic acids is 1. The lowest BCUT2D eigenvalue weighted by Crippen LogP contribution is -2.45. The molecule has 2 rings (SSSR count). The number of amides is 2. The summed E-state index contributed by atoms with van der Waals surface area (Å²) in [4.78, 5) is 18.9. The summed E-state index contributed by atoms with van der Waals surface area (Å²) in [5.74, 6) is 0. The molecule has 0 spiro atoms. The second-order valence-electron chi connectivity index (χ2n) is 8.44. The molecule has 1 aromatic carbocycles. The molecule has 1 aromatic rings. The fraction of sp³-hybridized carbons (Fsp3) is 0.650. The van der Waals surface area contributed by atoms with Crippen molar-refractivity contribution >= 4 is 11.7 Å². The molecular weight excluding hydrogens is 312 g/mol. The summed E-state index contributed by atoms with van der Waals surface area (Å²) in [6.45, 7) is 12.9. The van der Waals surface area contributed by atoms with Gasteiger partial charge in [-0.1, -0.05) is 32.9 Å². The van der Waals surface area contributed by atoms with E-state index >= 15 is 0 Å². The Hall–Kier alpha value is -1.59. The van der Waals surface area contributed by atoms with Crippen LogP contribution < -0.4 is 5.32 Å².